The molecular weight excluding hydrogens is 262 g/mol. The second-order valence-corrected chi connectivity index (χ2v) is 4.63. The fraction of sp³-hybridized carbons (Fsp3) is 0.143. The fourth-order valence-corrected chi connectivity index (χ4v) is 2.10. The smallest absolute Gasteiger partial charge is 0.137 e. The molecule has 0 radical (unpaired) electrons. The second-order valence-electron chi connectivity index (χ2n) is 4.19. The molecule has 0 unspecified atom stereocenters. The van der Waals surface area contributed by atoms with Gasteiger partial charge in [0.2, 0.25) is 0 Å². The first-order valence-electron chi connectivity index (χ1n) is 5.98. The monoisotopic (exact) mass is 273 g/mol. The van der Waals surface area contributed by atoms with Crippen molar-refractivity contribution in [3.8, 4) is 0 Å². The van der Waals surface area contributed by atoms with Crippen molar-refractivity contribution in [2.24, 2.45) is 0 Å². The van der Waals surface area contributed by atoms with Crippen LogP contribution in [0.15, 0.2) is 47.5 Å². The van der Waals surface area contributed by atoms with E-state index >= 15 is 0 Å². The van der Waals surface area contributed by atoms with Crippen LogP contribution in [0.5, 0.6) is 0 Å². The molecule has 0 saturated carbocycles. The van der Waals surface area contributed by atoms with Crippen LogP contribution >= 0.6 is 11.6 Å². The van der Waals surface area contributed by atoms with Crippen molar-refractivity contribution in [3.63, 3.8) is 0 Å². The third kappa shape index (κ3) is 2.69. The normalized spacial score (nSPS) is 10.8. The van der Waals surface area contributed by atoms with E-state index in [4.69, 9.17) is 16.0 Å². The van der Waals surface area contributed by atoms with Gasteiger partial charge in [0.15, 0.2) is 0 Å². The van der Waals surface area contributed by atoms with E-state index in [0.29, 0.717) is 5.02 Å². The quantitative estimate of drug-likeness (QED) is 0.790. The highest BCUT2D eigenvalue weighted by molar-refractivity contribution is 6.31. The lowest BCUT2D eigenvalue weighted by Crippen LogP contribution is -2.06. The number of aromatic nitrogens is 2. The number of rotatable bonds is 4. The first-order valence-corrected chi connectivity index (χ1v) is 6.36. The molecule has 3 aromatic rings. The fourth-order valence-electron chi connectivity index (χ4n) is 1.93. The van der Waals surface area contributed by atoms with Crippen molar-refractivity contribution in [3.05, 3.63) is 53.7 Å². The minimum atomic E-state index is 0.681. The van der Waals surface area contributed by atoms with E-state index in [1.807, 2.05) is 24.3 Å². The highest BCUT2D eigenvalue weighted by Crippen LogP contribution is 2.22. The average Bonchev–Trinajstić information content (AvgIpc) is 2.92. The van der Waals surface area contributed by atoms with E-state index in [9.17, 15) is 0 Å². The van der Waals surface area contributed by atoms with Gasteiger partial charge >= 0.3 is 0 Å². The van der Waals surface area contributed by atoms with Crippen molar-refractivity contribution in [1.82, 2.24) is 9.97 Å². The summed E-state index contributed by atoms with van der Waals surface area (Å²) in [6.45, 7) is 0.776. The van der Waals surface area contributed by atoms with Gasteiger partial charge in [0, 0.05) is 17.0 Å². The minimum Gasteiger partial charge on any atom is -0.472 e. The highest BCUT2D eigenvalue weighted by atomic mass is 35.5. The van der Waals surface area contributed by atoms with Crippen LogP contribution in [0.25, 0.3) is 10.9 Å². The maximum atomic E-state index is 6.01. The first kappa shape index (κ1) is 12.0. The number of fused-ring (bicyclic) bond motifs is 1. The van der Waals surface area contributed by atoms with E-state index in [-0.39, 0.29) is 0 Å². The summed E-state index contributed by atoms with van der Waals surface area (Å²) in [6.07, 6.45) is 5.85. The Kier molecular flexibility index (Phi) is 3.33. The highest BCUT2D eigenvalue weighted by Gasteiger charge is 2.04. The van der Waals surface area contributed by atoms with E-state index < -0.39 is 0 Å². The number of hydrogen-bond donors (Lipinski definition) is 1. The Morgan fingerprint density at radius 2 is 2.16 bits per heavy atom. The number of nitrogens with zero attached hydrogens (tertiary/aromatic N) is 2. The summed E-state index contributed by atoms with van der Waals surface area (Å²) in [5.41, 5.74) is 2.04. The van der Waals surface area contributed by atoms with Gasteiger partial charge < -0.3 is 9.73 Å². The maximum absolute atomic E-state index is 6.01. The Labute approximate surface area is 115 Å². The van der Waals surface area contributed by atoms with Crippen LogP contribution in [0, 0.1) is 0 Å². The largest absolute Gasteiger partial charge is 0.472 e. The van der Waals surface area contributed by atoms with Crippen molar-refractivity contribution >= 4 is 28.3 Å². The molecule has 0 aliphatic heterocycles. The molecule has 0 aliphatic rings. The third-order valence-corrected chi connectivity index (χ3v) is 3.12. The summed E-state index contributed by atoms with van der Waals surface area (Å²) in [4.78, 5) is 8.48. The topological polar surface area (TPSA) is 51.0 Å². The van der Waals surface area contributed by atoms with Gasteiger partial charge in [-0.2, -0.15) is 0 Å². The number of benzene rings is 1. The van der Waals surface area contributed by atoms with E-state index in [1.165, 1.54) is 0 Å². The molecule has 0 aliphatic carbocycles. The Morgan fingerprint density at radius 3 is 3.00 bits per heavy atom. The van der Waals surface area contributed by atoms with Crippen LogP contribution in [-0.2, 0) is 6.42 Å². The molecule has 2 heterocycles. The predicted molar refractivity (Wildman–Crippen MR) is 75.4 cm³/mol. The van der Waals surface area contributed by atoms with E-state index in [1.54, 1.807) is 18.9 Å². The number of hydrogen-bond acceptors (Lipinski definition) is 4. The lowest BCUT2D eigenvalue weighted by atomic mass is 10.2. The molecule has 3 rings (SSSR count). The molecule has 0 saturated heterocycles. The minimum absolute atomic E-state index is 0.681. The Bertz CT molecular complexity index is 682. The van der Waals surface area contributed by atoms with Gasteiger partial charge in [0.1, 0.15) is 12.1 Å². The van der Waals surface area contributed by atoms with Crippen molar-refractivity contribution in [2.45, 2.75) is 6.42 Å². The maximum Gasteiger partial charge on any atom is 0.137 e. The van der Waals surface area contributed by atoms with Crippen LogP contribution < -0.4 is 5.32 Å². The summed E-state index contributed by atoms with van der Waals surface area (Å²) in [7, 11) is 0. The van der Waals surface area contributed by atoms with Crippen LogP contribution in [0.4, 0.5) is 5.82 Å². The SMILES string of the molecule is Clc1ccc2ncnc(NCCc3ccoc3)c2c1. The third-order valence-electron chi connectivity index (χ3n) is 2.88. The lowest BCUT2D eigenvalue weighted by molar-refractivity contribution is 0.564. The standard InChI is InChI=1S/C14H12ClN3O/c15-11-1-2-13-12(7-11)14(18-9-17-13)16-5-3-10-4-6-19-8-10/h1-2,4,6-9H,3,5H2,(H,16,17,18). The molecule has 1 N–H and O–H groups in total. The van der Waals surface area contributed by atoms with Gasteiger partial charge in [-0.3, -0.25) is 0 Å². The molecule has 19 heavy (non-hydrogen) atoms. The van der Waals surface area contributed by atoms with Gasteiger partial charge in [-0.25, -0.2) is 9.97 Å². The molecule has 5 heteroatoms. The van der Waals surface area contributed by atoms with Gasteiger partial charge in [-0.05, 0) is 36.2 Å². The predicted octanol–water partition coefficient (Wildman–Crippen LogP) is 3.53. The molecule has 0 bridgehead atoms. The zero-order valence-corrected chi connectivity index (χ0v) is 10.9. The Balaban J connectivity index is 1.78. The molecule has 0 amide bonds. The van der Waals surface area contributed by atoms with Crippen molar-refractivity contribution in [2.75, 3.05) is 11.9 Å². The van der Waals surface area contributed by atoms with Crippen LogP contribution in [0.1, 0.15) is 5.56 Å². The van der Waals surface area contributed by atoms with Gasteiger partial charge in [0.25, 0.3) is 0 Å². The summed E-state index contributed by atoms with van der Waals surface area (Å²) in [6, 6.07) is 7.54. The number of anilines is 1. The molecule has 0 fully saturated rings. The number of furan rings is 1. The number of halogens is 1. The summed E-state index contributed by atoms with van der Waals surface area (Å²) >= 11 is 6.01. The van der Waals surface area contributed by atoms with Gasteiger partial charge in [0.05, 0.1) is 18.0 Å². The van der Waals surface area contributed by atoms with Crippen LogP contribution in [0.3, 0.4) is 0 Å². The zero-order chi connectivity index (χ0) is 13.1. The Morgan fingerprint density at radius 1 is 1.21 bits per heavy atom. The zero-order valence-electron chi connectivity index (χ0n) is 10.1. The Hall–Kier alpha value is -2.07. The van der Waals surface area contributed by atoms with Crippen LogP contribution in [0.2, 0.25) is 5.02 Å². The van der Waals surface area contributed by atoms with Crippen molar-refractivity contribution < 1.29 is 4.42 Å². The molecule has 2 aromatic heterocycles. The molecule has 0 atom stereocenters. The van der Waals surface area contributed by atoms with E-state index in [0.717, 1.165) is 35.2 Å². The summed E-state index contributed by atoms with van der Waals surface area (Å²) < 4.78 is 5.03. The molecule has 4 nitrogen and oxygen atoms in total. The molecule has 96 valence electrons. The van der Waals surface area contributed by atoms with Gasteiger partial charge in [-0.15, -0.1) is 0 Å². The van der Waals surface area contributed by atoms with E-state index in [2.05, 4.69) is 15.3 Å². The molecule has 0 spiro atoms. The molecular formula is C14H12ClN3O. The number of nitrogens with one attached hydrogen (secondary N) is 1. The van der Waals surface area contributed by atoms with Crippen molar-refractivity contribution in [1.29, 1.82) is 0 Å². The summed E-state index contributed by atoms with van der Waals surface area (Å²) in [5, 5.41) is 4.92. The van der Waals surface area contributed by atoms with Gasteiger partial charge in [-0.1, -0.05) is 11.6 Å². The second kappa shape index (κ2) is 5.28. The molecule has 1 aromatic carbocycles. The lowest BCUT2D eigenvalue weighted by Gasteiger charge is -2.07. The first-order chi connectivity index (χ1) is 9.33. The van der Waals surface area contributed by atoms with Crippen LogP contribution in [-0.4, -0.2) is 16.5 Å². The summed E-state index contributed by atoms with van der Waals surface area (Å²) in [5.74, 6) is 0.802. The average molecular weight is 274 g/mol.